The first-order valence-electron chi connectivity index (χ1n) is 16.3. The largest absolute Gasteiger partial charge is 0.507 e. The van der Waals surface area contributed by atoms with Gasteiger partial charge in [0, 0.05) is 11.3 Å². The van der Waals surface area contributed by atoms with Crippen LogP contribution in [0, 0.1) is 6.92 Å². The number of Topliss-reactive ketones (excluding diaryl/α,β-unsaturated/α-hetero) is 1. The van der Waals surface area contributed by atoms with Crippen LogP contribution in [0.25, 0.3) is 16.5 Å². The van der Waals surface area contributed by atoms with Crippen molar-refractivity contribution in [1.29, 1.82) is 0 Å². The molecule has 2 N–H and O–H groups in total. The van der Waals surface area contributed by atoms with E-state index in [0.29, 0.717) is 33.6 Å². The average Bonchev–Trinajstić information content (AvgIpc) is 3.72. The zero-order valence-corrected chi connectivity index (χ0v) is 29.4. The fourth-order valence-electron chi connectivity index (χ4n) is 6.03. The molecule has 0 aliphatic carbocycles. The summed E-state index contributed by atoms with van der Waals surface area (Å²) in [6, 6.07) is 32.5. The number of aromatic nitrogens is 2. The number of rotatable bonds is 11. The van der Waals surface area contributed by atoms with Crippen molar-refractivity contribution in [2.75, 3.05) is 11.5 Å². The van der Waals surface area contributed by atoms with E-state index >= 15 is 0 Å². The summed E-state index contributed by atoms with van der Waals surface area (Å²) in [5.74, 6) is -0.794. The first kappa shape index (κ1) is 33.8. The number of aliphatic hydroxyl groups excluding tert-OH is 1. The lowest BCUT2D eigenvalue weighted by Gasteiger charge is -2.23. The SMILES string of the molecule is CCOc1cc(C2C(=C(O)c3ccc(OCc4ccccc4C)cc3)C(=O)C(=O)N2c2nnc(SCc3cccc4ccccc34)s2)ccc1O. The van der Waals surface area contributed by atoms with Gasteiger partial charge in [-0.1, -0.05) is 95.9 Å². The van der Waals surface area contributed by atoms with Gasteiger partial charge in [0.05, 0.1) is 18.2 Å². The average molecular weight is 716 g/mol. The molecule has 0 saturated carbocycles. The van der Waals surface area contributed by atoms with Gasteiger partial charge in [0.25, 0.3) is 5.78 Å². The van der Waals surface area contributed by atoms with Crippen LogP contribution in [-0.2, 0) is 21.9 Å². The number of hydrogen-bond donors (Lipinski definition) is 2. The van der Waals surface area contributed by atoms with Crippen molar-refractivity contribution in [3.8, 4) is 17.2 Å². The summed E-state index contributed by atoms with van der Waals surface area (Å²) in [6.07, 6.45) is 0. The van der Waals surface area contributed by atoms with Crippen LogP contribution in [0.5, 0.6) is 17.2 Å². The lowest BCUT2D eigenvalue weighted by Crippen LogP contribution is -2.29. The smallest absolute Gasteiger partial charge is 0.301 e. The molecule has 0 spiro atoms. The molecule has 5 aromatic carbocycles. The minimum Gasteiger partial charge on any atom is -0.507 e. The Morgan fingerprint density at radius 1 is 0.882 bits per heavy atom. The van der Waals surface area contributed by atoms with Crippen LogP contribution in [0.15, 0.2) is 119 Å². The van der Waals surface area contributed by atoms with E-state index < -0.39 is 17.7 Å². The van der Waals surface area contributed by atoms with Gasteiger partial charge in [0.1, 0.15) is 18.1 Å². The van der Waals surface area contributed by atoms with E-state index in [1.165, 1.54) is 34.1 Å². The molecule has 2 heterocycles. The van der Waals surface area contributed by atoms with Crippen molar-refractivity contribution < 1.29 is 29.3 Å². The molecule has 1 aliphatic rings. The molecule has 1 amide bonds. The third-order valence-corrected chi connectivity index (χ3v) is 10.8. The standard InChI is InChI=1S/C40H33N3O6S2/c1-3-48-33-21-27(17-20-32(33)44)35-34(36(45)26-15-18-30(19-16-26)49-22-28-11-5-4-9-24(28)2)37(46)38(47)43(35)39-41-42-40(51-39)50-23-29-13-8-12-25-10-6-7-14-31(25)29/h4-21,35,44-45H,3,22-23H2,1-2H3. The number of aryl methyl sites for hydroxylation is 1. The minimum absolute atomic E-state index is 0.0955. The summed E-state index contributed by atoms with van der Waals surface area (Å²) in [5, 5.41) is 33.3. The van der Waals surface area contributed by atoms with Gasteiger partial charge >= 0.3 is 5.91 Å². The van der Waals surface area contributed by atoms with Crippen molar-refractivity contribution in [2.45, 2.75) is 36.6 Å². The predicted octanol–water partition coefficient (Wildman–Crippen LogP) is 8.60. The van der Waals surface area contributed by atoms with E-state index in [9.17, 15) is 19.8 Å². The number of amides is 1. The third-order valence-electron chi connectivity index (χ3n) is 8.66. The summed E-state index contributed by atoms with van der Waals surface area (Å²) in [5.41, 5.74) is 3.95. The van der Waals surface area contributed by atoms with E-state index in [0.717, 1.165) is 27.5 Å². The molecule has 7 rings (SSSR count). The molecular weight excluding hydrogens is 683 g/mol. The first-order valence-corrected chi connectivity index (χ1v) is 18.1. The summed E-state index contributed by atoms with van der Waals surface area (Å²) in [4.78, 5) is 28.9. The van der Waals surface area contributed by atoms with E-state index in [1.54, 1.807) is 43.3 Å². The number of ether oxygens (including phenoxy) is 2. The van der Waals surface area contributed by atoms with Crippen molar-refractivity contribution in [3.63, 3.8) is 0 Å². The fourth-order valence-corrected chi connectivity index (χ4v) is 7.90. The number of thioether (sulfide) groups is 1. The Morgan fingerprint density at radius 3 is 2.43 bits per heavy atom. The zero-order valence-electron chi connectivity index (χ0n) is 27.8. The van der Waals surface area contributed by atoms with E-state index in [4.69, 9.17) is 9.47 Å². The molecule has 1 atom stereocenters. The third kappa shape index (κ3) is 6.90. The van der Waals surface area contributed by atoms with Crippen molar-refractivity contribution >= 4 is 56.5 Å². The molecule has 1 fully saturated rings. The van der Waals surface area contributed by atoms with Crippen LogP contribution in [0.2, 0.25) is 0 Å². The normalized spacial score (nSPS) is 15.4. The predicted molar refractivity (Wildman–Crippen MR) is 199 cm³/mol. The monoisotopic (exact) mass is 715 g/mol. The number of carbonyl (C=O) groups is 2. The first-order chi connectivity index (χ1) is 24.8. The van der Waals surface area contributed by atoms with E-state index in [1.807, 2.05) is 49.4 Å². The highest BCUT2D eigenvalue weighted by molar-refractivity contribution is 8.00. The second kappa shape index (κ2) is 14.7. The van der Waals surface area contributed by atoms with Crippen LogP contribution in [-0.4, -0.2) is 38.7 Å². The van der Waals surface area contributed by atoms with Crippen molar-refractivity contribution in [2.24, 2.45) is 0 Å². The summed E-state index contributed by atoms with van der Waals surface area (Å²) in [6.45, 7) is 4.45. The summed E-state index contributed by atoms with van der Waals surface area (Å²) >= 11 is 2.67. The number of phenols is 1. The Balaban J connectivity index is 1.21. The van der Waals surface area contributed by atoms with Crippen molar-refractivity contribution in [3.05, 3.63) is 143 Å². The number of aromatic hydroxyl groups is 1. The van der Waals surface area contributed by atoms with Gasteiger partial charge in [0.15, 0.2) is 15.8 Å². The Bertz CT molecular complexity index is 2280. The van der Waals surface area contributed by atoms with Gasteiger partial charge < -0.3 is 19.7 Å². The second-order valence-corrected chi connectivity index (χ2v) is 14.0. The molecule has 1 saturated heterocycles. The minimum atomic E-state index is -1.08. The summed E-state index contributed by atoms with van der Waals surface area (Å²) in [7, 11) is 0. The number of aliphatic hydroxyl groups is 1. The van der Waals surface area contributed by atoms with E-state index in [-0.39, 0.29) is 34.6 Å². The lowest BCUT2D eigenvalue weighted by molar-refractivity contribution is -0.132. The number of ketones is 1. The highest BCUT2D eigenvalue weighted by Gasteiger charge is 2.48. The molecule has 1 aromatic heterocycles. The molecule has 11 heteroatoms. The fraction of sp³-hybridized carbons (Fsp3) is 0.150. The van der Waals surface area contributed by atoms with Gasteiger partial charge in [-0.3, -0.25) is 14.5 Å². The lowest BCUT2D eigenvalue weighted by atomic mass is 9.95. The quantitative estimate of drug-likeness (QED) is 0.0447. The number of nitrogens with zero attached hydrogens (tertiary/aromatic N) is 3. The molecule has 256 valence electrons. The second-order valence-electron chi connectivity index (χ2n) is 11.8. The molecule has 9 nitrogen and oxygen atoms in total. The number of phenolic OH excluding ortho intramolecular Hbond substituents is 1. The Labute approximate surface area is 302 Å². The molecule has 1 aliphatic heterocycles. The molecule has 0 bridgehead atoms. The summed E-state index contributed by atoms with van der Waals surface area (Å²) < 4.78 is 12.2. The van der Waals surface area contributed by atoms with Crippen LogP contribution < -0.4 is 14.4 Å². The Kier molecular flexibility index (Phi) is 9.74. The highest BCUT2D eigenvalue weighted by Crippen LogP contribution is 2.45. The molecule has 6 aromatic rings. The maximum absolute atomic E-state index is 13.8. The van der Waals surface area contributed by atoms with Crippen LogP contribution in [0.4, 0.5) is 5.13 Å². The Hall–Kier alpha value is -5.65. The van der Waals surface area contributed by atoms with Crippen LogP contribution in [0.3, 0.4) is 0 Å². The molecular formula is C40H33N3O6S2. The Morgan fingerprint density at radius 2 is 1.63 bits per heavy atom. The number of fused-ring (bicyclic) bond motifs is 1. The van der Waals surface area contributed by atoms with E-state index in [2.05, 4.69) is 34.5 Å². The van der Waals surface area contributed by atoms with Gasteiger partial charge in [0.2, 0.25) is 5.13 Å². The number of benzene rings is 5. The maximum atomic E-state index is 13.8. The van der Waals surface area contributed by atoms with Gasteiger partial charge in [-0.05, 0) is 83.3 Å². The molecule has 51 heavy (non-hydrogen) atoms. The maximum Gasteiger partial charge on any atom is 0.301 e. The number of hydrogen-bond acceptors (Lipinski definition) is 10. The molecule has 0 radical (unpaired) electrons. The number of anilines is 1. The van der Waals surface area contributed by atoms with Gasteiger partial charge in [-0.15, -0.1) is 10.2 Å². The van der Waals surface area contributed by atoms with Gasteiger partial charge in [-0.25, -0.2) is 0 Å². The van der Waals surface area contributed by atoms with Crippen LogP contribution >= 0.6 is 23.1 Å². The van der Waals surface area contributed by atoms with Crippen molar-refractivity contribution in [1.82, 2.24) is 10.2 Å². The highest BCUT2D eigenvalue weighted by atomic mass is 32.2. The zero-order chi connectivity index (χ0) is 35.5. The number of carbonyl (C=O) groups excluding carboxylic acids is 2. The molecule has 1 unspecified atom stereocenters. The van der Waals surface area contributed by atoms with Crippen LogP contribution in [0.1, 0.15) is 40.8 Å². The topological polar surface area (TPSA) is 122 Å². The van der Waals surface area contributed by atoms with Gasteiger partial charge in [-0.2, -0.15) is 0 Å².